The fourth-order valence-corrected chi connectivity index (χ4v) is 2.77. The Hall–Kier alpha value is -3.27. The van der Waals surface area contributed by atoms with Crippen molar-refractivity contribution in [3.05, 3.63) is 84.6 Å². The molecule has 4 aromatic rings. The molecule has 2 aromatic carbocycles. The van der Waals surface area contributed by atoms with Crippen LogP contribution in [0, 0.1) is 0 Å². The third-order valence-electron chi connectivity index (χ3n) is 4.16. The number of aromatic nitrogens is 2. The van der Waals surface area contributed by atoms with Crippen molar-refractivity contribution in [3.8, 4) is 11.3 Å². The molecule has 2 aromatic heterocycles. The number of nitrogens with zero attached hydrogens (tertiary/aromatic N) is 4. The summed E-state index contributed by atoms with van der Waals surface area (Å²) in [5.41, 5.74) is 4.85. The Kier molecular flexibility index (Phi) is 4.09. The van der Waals surface area contributed by atoms with Crippen molar-refractivity contribution in [1.29, 1.82) is 0 Å². The van der Waals surface area contributed by atoms with Gasteiger partial charge in [0.15, 0.2) is 5.82 Å². The van der Waals surface area contributed by atoms with Gasteiger partial charge in [-0.25, -0.2) is 4.98 Å². The number of rotatable bonds is 4. The van der Waals surface area contributed by atoms with E-state index in [-0.39, 0.29) is 0 Å². The van der Waals surface area contributed by atoms with Crippen molar-refractivity contribution >= 4 is 17.2 Å². The lowest BCUT2D eigenvalue weighted by Gasteiger charge is -2.00. The summed E-state index contributed by atoms with van der Waals surface area (Å²) in [7, 11) is 0. The molecule has 0 N–H and O–H groups in total. The summed E-state index contributed by atoms with van der Waals surface area (Å²) < 4.78 is 1.96. The Labute approximate surface area is 146 Å². The van der Waals surface area contributed by atoms with E-state index in [0.717, 1.165) is 34.8 Å². The monoisotopic (exact) mass is 326 g/mol. The van der Waals surface area contributed by atoms with Crippen LogP contribution >= 0.6 is 0 Å². The van der Waals surface area contributed by atoms with E-state index in [0.29, 0.717) is 0 Å². The number of hydrogen-bond acceptors (Lipinski definition) is 3. The normalized spacial score (nSPS) is 11.4. The number of pyridine rings is 1. The van der Waals surface area contributed by atoms with Gasteiger partial charge in [-0.1, -0.05) is 55.5 Å². The second kappa shape index (κ2) is 6.69. The van der Waals surface area contributed by atoms with E-state index in [2.05, 4.69) is 29.3 Å². The van der Waals surface area contributed by atoms with Crippen molar-refractivity contribution in [3.63, 3.8) is 0 Å². The molecule has 0 aliphatic carbocycles. The minimum absolute atomic E-state index is 0.737. The van der Waals surface area contributed by atoms with Crippen LogP contribution in [-0.2, 0) is 6.42 Å². The summed E-state index contributed by atoms with van der Waals surface area (Å²) in [5, 5.41) is 8.95. The van der Waals surface area contributed by atoms with Gasteiger partial charge in [0.05, 0.1) is 5.69 Å². The predicted octanol–water partition coefficient (Wildman–Crippen LogP) is 5.98. The molecule has 4 heteroatoms. The van der Waals surface area contributed by atoms with Gasteiger partial charge in [-0.15, -0.1) is 10.2 Å². The summed E-state index contributed by atoms with van der Waals surface area (Å²) >= 11 is 0. The largest absolute Gasteiger partial charge is 0.283 e. The second-order valence-electron chi connectivity index (χ2n) is 5.80. The average Bonchev–Trinajstić information content (AvgIpc) is 3.06. The fraction of sp³-hybridized carbons (Fsp3) is 0.0952. The minimum atomic E-state index is 0.737. The molecular formula is C21H18N4. The highest BCUT2D eigenvalue weighted by Crippen LogP contribution is 2.32. The molecule has 0 radical (unpaired) electrons. The van der Waals surface area contributed by atoms with Gasteiger partial charge in [-0.05, 0) is 36.2 Å². The molecule has 2 heterocycles. The standard InChI is InChI=1S/C21H18N4/c1-2-16-11-13-18(14-12-16)23-24-21-20(17-8-4-3-5-9-17)22-19-10-6-7-15-25(19)21/h3-15H,2H2,1H3. The third kappa shape index (κ3) is 3.06. The molecule has 0 spiro atoms. The molecule has 0 saturated carbocycles. The van der Waals surface area contributed by atoms with Crippen LogP contribution in [0.1, 0.15) is 12.5 Å². The lowest BCUT2D eigenvalue weighted by molar-refractivity contribution is 1.10. The molecule has 0 saturated heterocycles. The molecule has 0 aliphatic rings. The SMILES string of the molecule is CCc1ccc(N=Nc2c(-c3ccccc3)nc3ccccn23)cc1. The zero-order chi connectivity index (χ0) is 17.1. The number of benzene rings is 2. The molecule has 0 amide bonds. The molecule has 4 nitrogen and oxygen atoms in total. The predicted molar refractivity (Wildman–Crippen MR) is 101 cm³/mol. The lowest BCUT2D eigenvalue weighted by Crippen LogP contribution is -1.81. The molecule has 0 bridgehead atoms. The van der Waals surface area contributed by atoms with Crippen LogP contribution in [0.5, 0.6) is 0 Å². The van der Waals surface area contributed by atoms with Crippen LogP contribution < -0.4 is 0 Å². The summed E-state index contributed by atoms with van der Waals surface area (Å²) in [6.45, 7) is 2.14. The van der Waals surface area contributed by atoms with Crippen LogP contribution in [0.4, 0.5) is 11.5 Å². The van der Waals surface area contributed by atoms with E-state index in [4.69, 9.17) is 4.98 Å². The highest BCUT2D eigenvalue weighted by Gasteiger charge is 2.13. The summed E-state index contributed by atoms with van der Waals surface area (Å²) in [5.74, 6) is 0.737. The lowest BCUT2D eigenvalue weighted by atomic mass is 10.1. The third-order valence-corrected chi connectivity index (χ3v) is 4.16. The van der Waals surface area contributed by atoms with E-state index in [1.165, 1.54) is 5.56 Å². The number of fused-ring (bicyclic) bond motifs is 1. The quantitative estimate of drug-likeness (QED) is 0.425. The van der Waals surface area contributed by atoms with Crippen LogP contribution in [0.3, 0.4) is 0 Å². The van der Waals surface area contributed by atoms with Crippen molar-refractivity contribution < 1.29 is 0 Å². The van der Waals surface area contributed by atoms with Crippen LogP contribution in [-0.4, -0.2) is 9.38 Å². The highest BCUT2D eigenvalue weighted by molar-refractivity contribution is 5.74. The molecule has 4 rings (SSSR count). The summed E-state index contributed by atoms with van der Waals surface area (Å²) in [6.07, 6.45) is 2.98. The van der Waals surface area contributed by atoms with E-state index in [9.17, 15) is 0 Å². The Morgan fingerprint density at radius 1 is 0.840 bits per heavy atom. The van der Waals surface area contributed by atoms with Gasteiger partial charge in [-0.2, -0.15) is 0 Å². The van der Waals surface area contributed by atoms with Gasteiger partial charge in [0.1, 0.15) is 11.3 Å². The molecule has 25 heavy (non-hydrogen) atoms. The number of hydrogen-bond donors (Lipinski definition) is 0. The maximum absolute atomic E-state index is 4.73. The second-order valence-corrected chi connectivity index (χ2v) is 5.80. The van der Waals surface area contributed by atoms with Crippen LogP contribution in [0.25, 0.3) is 16.9 Å². The first-order valence-electron chi connectivity index (χ1n) is 8.38. The van der Waals surface area contributed by atoms with Gasteiger partial charge < -0.3 is 0 Å². The maximum Gasteiger partial charge on any atom is 0.187 e. The first kappa shape index (κ1) is 15.3. The fourth-order valence-electron chi connectivity index (χ4n) is 2.77. The molecule has 0 aliphatic heterocycles. The number of imidazole rings is 1. The summed E-state index contributed by atoms with van der Waals surface area (Å²) in [4.78, 5) is 4.73. The number of azo groups is 1. The van der Waals surface area contributed by atoms with E-state index < -0.39 is 0 Å². The van der Waals surface area contributed by atoms with Gasteiger partial charge in [0, 0.05) is 11.8 Å². The van der Waals surface area contributed by atoms with E-state index >= 15 is 0 Å². The minimum Gasteiger partial charge on any atom is -0.283 e. The van der Waals surface area contributed by atoms with Crippen molar-refractivity contribution in [2.75, 3.05) is 0 Å². The topological polar surface area (TPSA) is 42.0 Å². The summed E-state index contributed by atoms with van der Waals surface area (Å²) in [6, 6.07) is 24.2. The maximum atomic E-state index is 4.73. The van der Waals surface area contributed by atoms with E-state index in [1.807, 2.05) is 71.3 Å². The first-order valence-corrected chi connectivity index (χ1v) is 8.38. The van der Waals surface area contributed by atoms with Gasteiger partial charge in [0.25, 0.3) is 0 Å². The molecule has 0 fully saturated rings. The van der Waals surface area contributed by atoms with Crippen molar-refractivity contribution in [1.82, 2.24) is 9.38 Å². The number of aryl methyl sites for hydroxylation is 1. The smallest absolute Gasteiger partial charge is 0.187 e. The molecule has 0 atom stereocenters. The zero-order valence-electron chi connectivity index (χ0n) is 14.0. The first-order chi connectivity index (χ1) is 12.3. The molecule has 122 valence electrons. The average molecular weight is 326 g/mol. The van der Waals surface area contributed by atoms with E-state index in [1.54, 1.807) is 0 Å². The highest BCUT2D eigenvalue weighted by atomic mass is 15.2. The van der Waals surface area contributed by atoms with Crippen molar-refractivity contribution in [2.24, 2.45) is 10.2 Å². The van der Waals surface area contributed by atoms with Crippen molar-refractivity contribution in [2.45, 2.75) is 13.3 Å². The zero-order valence-corrected chi connectivity index (χ0v) is 14.0. The van der Waals surface area contributed by atoms with Gasteiger partial charge in [-0.3, -0.25) is 4.40 Å². The van der Waals surface area contributed by atoms with Gasteiger partial charge in [0.2, 0.25) is 0 Å². The molecule has 0 unspecified atom stereocenters. The Bertz CT molecular complexity index is 1010. The Balaban J connectivity index is 1.80. The Morgan fingerprint density at radius 2 is 1.60 bits per heavy atom. The Morgan fingerprint density at radius 3 is 2.36 bits per heavy atom. The van der Waals surface area contributed by atoms with Crippen LogP contribution in [0.2, 0.25) is 0 Å². The molecular weight excluding hydrogens is 308 g/mol. The van der Waals surface area contributed by atoms with Crippen LogP contribution in [0.15, 0.2) is 89.2 Å². The van der Waals surface area contributed by atoms with Gasteiger partial charge >= 0.3 is 0 Å².